The van der Waals surface area contributed by atoms with Crippen LogP contribution in [0.1, 0.15) is 44.5 Å². The van der Waals surface area contributed by atoms with E-state index in [0.29, 0.717) is 11.6 Å². The van der Waals surface area contributed by atoms with Gasteiger partial charge in [0.05, 0.1) is 44.4 Å². The molecule has 20 rings (SSSR count). The van der Waals surface area contributed by atoms with Crippen LogP contribution < -0.4 is 9.47 Å². The maximum atomic E-state index is 7.25. The van der Waals surface area contributed by atoms with Gasteiger partial charge in [0.1, 0.15) is 23.0 Å². The van der Waals surface area contributed by atoms with Gasteiger partial charge in [-0.2, -0.15) is 0 Å². The highest BCUT2D eigenvalue weighted by molar-refractivity contribution is 6.05. The minimum atomic E-state index is -0.745. The van der Waals surface area contributed by atoms with Gasteiger partial charge in [-0.1, -0.05) is 273 Å². The number of rotatable bonds is 6. The summed E-state index contributed by atoms with van der Waals surface area (Å²) in [6.45, 7) is 0. The maximum Gasteiger partial charge on any atom is 0.164 e. The molecular formula is C88H52N4O2. The van der Waals surface area contributed by atoms with E-state index in [1.807, 2.05) is 0 Å². The molecule has 0 radical (unpaired) electrons. The first-order valence-corrected chi connectivity index (χ1v) is 32.1. The fourth-order valence-corrected chi connectivity index (χ4v) is 16.4. The van der Waals surface area contributed by atoms with Crippen molar-refractivity contribution in [3.8, 4) is 113 Å². The zero-order valence-electron chi connectivity index (χ0n) is 50.6. The summed E-state index contributed by atoms with van der Waals surface area (Å²) in [5.74, 6) is 4.36. The monoisotopic (exact) mass is 1200 g/mol. The molecule has 1 unspecified atom stereocenters. The number of ether oxygens (including phenoxy) is 2. The summed E-state index contributed by atoms with van der Waals surface area (Å²) in [6.07, 6.45) is 0. The van der Waals surface area contributed by atoms with Gasteiger partial charge in [0.15, 0.2) is 11.6 Å². The lowest BCUT2D eigenvalue weighted by Gasteiger charge is -2.40. The van der Waals surface area contributed by atoms with Gasteiger partial charge < -0.3 is 9.47 Å². The SMILES string of the molecule is c1cc(-c2ccc(-c3nc(-c4cccc5c4Oc4ccccc4C54c5ccccc5-c5ccccc54)nc4ccccc34)cc2)cc(-c2cccc3c2-c2ccccc2C32c3ccccc3Oc3c(-c4nc(-c5cccc6ccccc56)c5ccccc5n4)cccc32)c1. The van der Waals surface area contributed by atoms with Crippen molar-refractivity contribution in [3.05, 3.63) is 360 Å². The molecule has 0 N–H and O–H groups in total. The maximum absolute atomic E-state index is 7.25. The van der Waals surface area contributed by atoms with E-state index in [1.165, 1.54) is 44.5 Å². The Bertz CT molecular complexity index is 5860. The van der Waals surface area contributed by atoms with E-state index >= 15 is 0 Å². The average molecular weight is 1200 g/mol. The van der Waals surface area contributed by atoms with Crippen molar-refractivity contribution in [3.63, 3.8) is 0 Å². The van der Waals surface area contributed by atoms with Gasteiger partial charge in [-0.15, -0.1) is 0 Å². The van der Waals surface area contributed by atoms with Crippen LogP contribution in [0.5, 0.6) is 23.0 Å². The van der Waals surface area contributed by atoms with Crippen molar-refractivity contribution < 1.29 is 9.47 Å². The summed E-state index contributed by atoms with van der Waals surface area (Å²) in [5.41, 5.74) is 24.4. The molecule has 0 amide bonds. The molecule has 14 aromatic carbocycles. The Kier molecular flexibility index (Phi) is 11.2. The summed E-state index contributed by atoms with van der Waals surface area (Å²) in [7, 11) is 0. The van der Waals surface area contributed by atoms with Gasteiger partial charge >= 0.3 is 0 Å². The smallest absolute Gasteiger partial charge is 0.164 e. The largest absolute Gasteiger partial charge is 0.456 e. The van der Waals surface area contributed by atoms with Crippen molar-refractivity contribution in [2.75, 3.05) is 0 Å². The van der Waals surface area contributed by atoms with Crippen molar-refractivity contribution in [1.29, 1.82) is 0 Å². The standard InChI is InChI=1S/C88H52N4O2/c1-2-26-58-54(22-1)23-18-33-62(58)82-65-31-7-14-45-77(65)90-86(92-82)67-35-21-43-75-84(67)94-79-47-16-12-40-72(79)88(75)70-38-10-5-29-63(70)80-59(32-19-41-73(80)88)57-25-17-24-56(52-57)53-48-50-55(51-49-53)81-64-30-6-13-44-76(64)89-85(91-81)66-34-20-42-74-83(66)93-78-46-15-11-39-71(78)87(74)68-36-8-3-27-60(68)61-28-4-9-37-69(61)87/h1-52H. The Morgan fingerprint density at radius 2 is 0.638 bits per heavy atom. The quantitative estimate of drug-likeness (QED) is 0.165. The van der Waals surface area contributed by atoms with Crippen molar-refractivity contribution in [1.82, 2.24) is 19.9 Å². The number of hydrogen-bond acceptors (Lipinski definition) is 6. The van der Waals surface area contributed by atoms with Crippen LogP contribution in [0.2, 0.25) is 0 Å². The minimum Gasteiger partial charge on any atom is -0.456 e. The first-order valence-electron chi connectivity index (χ1n) is 32.1. The summed E-state index contributed by atoms with van der Waals surface area (Å²) in [6, 6.07) is 113. The summed E-state index contributed by atoms with van der Waals surface area (Å²) in [4.78, 5) is 21.8. The molecule has 0 fully saturated rings. The van der Waals surface area contributed by atoms with E-state index < -0.39 is 10.8 Å². The Morgan fingerprint density at radius 1 is 0.234 bits per heavy atom. The summed E-state index contributed by atoms with van der Waals surface area (Å²) >= 11 is 0. The summed E-state index contributed by atoms with van der Waals surface area (Å²) in [5, 5.41) is 4.27. The van der Waals surface area contributed by atoms with Gasteiger partial charge in [-0.3, -0.25) is 0 Å². The Hall–Kier alpha value is -12.4. The molecule has 1 atom stereocenters. The molecule has 2 spiro atoms. The highest BCUT2D eigenvalue weighted by Gasteiger charge is 2.54. The third-order valence-electron chi connectivity index (χ3n) is 20.3. The van der Waals surface area contributed by atoms with Crippen LogP contribution in [0.4, 0.5) is 0 Å². The van der Waals surface area contributed by atoms with Crippen LogP contribution in [-0.2, 0) is 10.8 Å². The van der Waals surface area contributed by atoms with Gasteiger partial charge in [0, 0.05) is 44.2 Å². The predicted molar refractivity (Wildman–Crippen MR) is 378 cm³/mol. The topological polar surface area (TPSA) is 70.0 Å². The first-order chi connectivity index (χ1) is 46.6. The lowest BCUT2D eigenvalue weighted by molar-refractivity contribution is 0.437. The Labute approximate surface area is 542 Å². The van der Waals surface area contributed by atoms with Gasteiger partial charge in [-0.05, 0) is 120 Å². The minimum absolute atomic E-state index is 0.605. The molecule has 6 nitrogen and oxygen atoms in total. The molecule has 4 aliphatic rings. The second-order valence-electron chi connectivity index (χ2n) is 24.9. The number of hydrogen-bond donors (Lipinski definition) is 0. The van der Waals surface area contributed by atoms with E-state index in [0.717, 1.165) is 134 Å². The number of benzene rings is 14. The number of para-hydroxylation sites is 6. The van der Waals surface area contributed by atoms with Crippen molar-refractivity contribution in [2.24, 2.45) is 0 Å². The molecule has 6 heteroatoms. The Balaban J connectivity index is 0.696. The molecule has 16 aromatic rings. The van der Waals surface area contributed by atoms with Crippen LogP contribution in [0.15, 0.2) is 315 Å². The molecule has 0 saturated carbocycles. The average Bonchev–Trinajstić information content (AvgIpc) is 1.47. The van der Waals surface area contributed by atoms with E-state index in [-0.39, 0.29) is 0 Å². The number of nitrogens with zero attached hydrogens (tertiary/aromatic N) is 4. The number of fused-ring (bicyclic) bond motifs is 21. The molecule has 94 heavy (non-hydrogen) atoms. The summed E-state index contributed by atoms with van der Waals surface area (Å²) < 4.78 is 14.4. The number of aromatic nitrogens is 4. The third kappa shape index (κ3) is 7.30. The zero-order valence-corrected chi connectivity index (χ0v) is 50.6. The van der Waals surface area contributed by atoms with E-state index in [4.69, 9.17) is 29.4 Å². The van der Waals surface area contributed by atoms with E-state index in [2.05, 4.69) is 315 Å². The fourth-order valence-electron chi connectivity index (χ4n) is 16.4. The molecule has 2 aromatic heterocycles. The predicted octanol–water partition coefficient (Wildman–Crippen LogP) is 21.7. The molecule has 0 saturated heterocycles. The zero-order chi connectivity index (χ0) is 61.6. The first kappa shape index (κ1) is 52.4. The highest BCUT2D eigenvalue weighted by Crippen LogP contribution is 2.66. The Morgan fingerprint density at radius 3 is 1.28 bits per heavy atom. The highest BCUT2D eigenvalue weighted by atomic mass is 16.5. The molecule has 2 aliphatic heterocycles. The van der Waals surface area contributed by atoms with E-state index in [1.54, 1.807) is 0 Å². The van der Waals surface area contributed by atoms with Crippen LogP contribution in [0, 0.1) is 0 Å². The lowest BCUT2D eigenvalue weighted by Crippen LogP contribution is -2.32. The van der Waals surface area contributed by atoms with Crippen LogP contribution in [0.3, 0.4) is 0 Å². The third-order valence-corrected chi connectivity index (χ3v) is 20.3. The molecule has 2 aliphatic carbocycles. The van der Waals surface area contributed by atoms with Crippen molar-refractivity contribution >= 4 is 32.6 Å². The van der Waals surface area contributed by atoms with Gasteiger partial charge in [0.25, 0.3) is 0 Å². The molecular weight excluding hydrogens is 1140 g/mol. The van der Waals surface area contributed by atoms with Crippen molar-refractivity contribution in [2.45, 2.75) is 10.8 Å². The van der Waals surface area contributed by atoms with E-state index in [9.17, 15) is 0 Å². The molecule has 0 bridgehead atoms. The fraction of sp³-hybridized carbons (Fsp3) is 0.0227. The second-order valence-corrected chi connectivity index (χ2v) is 24.9. The van der Waals surface area contributed by atoms with Crippen LogP contribution in [0.25, 0.3) is 122 Å². The van der Waals surface area contributed by atoms with Crippen LogP contribution >= 0.6 is 0 Å². The second kappa shape index (κ2) is 20.1. The molecule has 4 heterocycles. The lowest BCUT2D eigenvalue weighted by atomic mass is 9.65. The normalized spacial score (nSPS) is 14.7. The van der Waals surface area contributed by atoms with Gasteiger partial charge in [0.2, 0.25) is 0 Å². The van der Waals surface area contributed by atoms with Crippen LogP contribution in [-0.4, -0.2) is 19.9 Å². The molecule has 436 valence electrons. The van der Waals surface area contributed by atoms with Gasteiger partial charge in [-0.25, -0.2) is 19.9 Å².